The first-order valence-electron chi connectivity index (χ1n) is 14.5. The van der Waals surface area contributed by atoms with Gasteiger partial charge in [-0.3, -0.25) is 13.8 Å². The first kappa shape index (κ1) is 34.0. The molecule has 1 heterocycles. The van der Waals surface area contributed by atoms with E-state index in [0.29, 0.717) is 23.9 Å². The first-order valence-corrected chi connectivity index (χ1v) is 16.0. The summed E-state index contributed by atoms with van der Waals surface area (Å²) in [6.07, 6.45) is 24.0. The number of carbonyl (C=O) groups is 1. The Hall–Kier alpha value is -0.980. The van der Waals surface area contributed by atoms with E-state index in [1.807, 2.05) is 28.1 Å². The Morgan fingerprint density at radius 3 is 2.05 bits per heavy atom. The summed E-state index contributed by atoms with van der Waals surface area (Å²) in [5.41, 5.74) is 0. The summed E-state index contributed by atoms with van der Waals surface area (Å²) in [4.78, 5) is 22.9. The number of esters is 1. The second kappa shape index (κ2) is 20.0. The largest absolute Gasteiger partial charge is 0.472 e. The number of likely N-dealkylation sites (N-methyl/N-ethyl adjacent to an activating group) is 1. The summed E-state index contributed by atoms with van der Waals surface area (Å²) in [5, 5.41) is 0. The van der Waals surface area contributed by atoms with Gasteiger partial charge in [0.1, 0.15) is 19.3 Å². The normalized spacial score (nSPS) is 26.8. The quantitative estimate of drug-likeness (QED) is 0.161. The van der Waals surface area contributed by atoms with E-state index >= 15 is 0 Å². The Morgan fingerprint density at radius 1 is 0.892 bits per heavy atom. The molecule has 0 saturated heterocycles. The van der Waals surface area contributed by atoms with Crippen molar-refractivity contribution in [1.29, 1.82) is 0 Å². The summed E-state index contributed by atoms with van der Waals surface area (Å²) in [6.45, 7) is 2.54. The highest BCUT2D eigenvalue weighted by Crippen LogP contribution is 2.45. The van der Waals surface area contributed by atoms with Crippen molar-refractivity contribution in [3.05, 3.63) is 24.3 Å². The van der Waals surface area contributed by atoms with Gasteiger partial charge < -0.3 is 14.1 Å². The van der Waals surface area contributed by atoms with Crippen LogP contribution >= 0.6 is 7.82 Å². The van der Waals surface area contributed by atoms with Crippen LogP contribution in [0.5, 0.6) is 0 Å². The van der Waals surface area contributed by atoms with Gasteiger partial charge in [-0.2, -0.15) is 0 Å². The third-order valence-corrected chi connectivity index (χ3v) is 7.55. The van der Waals surface area contributed by atoms with Crippen molar-refractivity contribution in [2.75, 3.05) is 34.3 Å². The van der Waals surface area contributed by atoms with Gasteiger partial charge in [0, 0.05) is 6.42 Å². The van der Waals surface area contributed by atoms with Crippen molar-refractivity contribution in [3.63, 3.8) is 0 Å². The van der Waals surface area contributed by atoms with Gasteiger partial charge in [-0.05, 0) is 39.0 Å². The van der Waals surface area contributed by atoms with Crippen LogP contribution in [0.4, 0.5) is 0 Å². The lowest BCUT2D eigenvalue weighted by Crippen LogP contribution is -2.37. The Kier molecular flexibility index (Phi) is 18.4. The monoisotopic (exact) mass is 544 g/mol. The third-order valence-electron chi connectivity index (χ3n) is 6.47. The van der Waals surface area contributed by atoms with Crippen LogP contribution in [0.3, 0.4) is 0 Å². The standard InChI is InChI=1S/C29H54NO6P/c1-27-22-20-18-16-14-12-10-8-6-5-7-9-11-13-15-17-19-21-23-28(26-29(31)35-27)36-37(32,33)34-25-24-30(2,3)4/h10,12,18,20,27-28H,5-9,11,13-17,19,21-26H2,1-4H3/p+1/b12-10-,20-18+/t27-,28+/m0/s1. The Morgan fingerprint density at radius 2 is 1.43 bits per heavy atom. The van der Waals surface area contributed by atoms with Crippen molar-refractivity contribution in [2.45, 2.75) is 122 Å². The lowest BCUT2D eigenvalue weighted by atomic mass is 10.0. The van der Waals surface area contributed by atoms with Crippen LogP contribution in [0.1, 0.15) is 110 Å². The number of nitrogens with zero attached hydrogens (tertiary/aromatic N) is 1. The molecule has 1 rings (SSSR count). The molecule has 0 aliphatic carbocycles. The maximum absolute atomic E-state index is 12.6. The molecule has 216 valence electrons. The molecule has 0 aromatic carbocycles. The molecule has 1 N–H and O–H groups in total. The number of phosphoric ester groups is 1. The third kappa shape index (κ3) is 21.6. The SMILES string of the molecule is C[C@H]1C/C=C/CC/C=C\CCCCCCCCCCCC[C@@H](OP(=O)(O)OCC[N+](C)(C)C)CC(=O)O1. The Labute approximate surface area is 226 Å². The van der Waals surface area contributed by atoms with Crippen LogP contribution in [0.15, 0.2) is 24.3 Å². The molecule has 0 radical (unpaired) electrons. The summed E-state index contributed by atoms with van der Waals surface area (Å²) >= 11 is 0. The first-order chi connectivity index (χ1) is 17.6. The molecule has 0 spiro atoms. The average molecular weight is 545 g/mol. The van der Waals surface area contributed by atoms with Crippen LogP contribution in [-0.2, 0) is 23.1 Å². The van der Waals surface area contributed by atoms with E-state index < -0.39 is 19.9 Å². The molecule has 1 aliphatic rings. The molecule has 3 atom stereocenters. The van der Waals surface area contributed by atoms with Gasteiger partial charge in [0.05, 0.1) is 33.7 Å². The molecule has 0 fully saturated rings. The number of allylic oxidation sites excluding steroid dienone is 3. The summed E-state index contributed by atoms with van der Waals surface area (Å²) < 4.78 is 29.4. The number of rotatable bonds is 6. The fourth-order valence-corrected chi connectivity index (χ4v) is 5.16. The summed E-state index contributed by atoms with van der Waals surface area (Å²) in [6, 6.07) is 0. The lowest BCUT2D eigenvalue weighted by Gasteiger charge is -2.25. The number of hydrogen-bond acceptors (Lipinski definition) is 5. The zero-order chi connectivity index (χ0) is 27.4. The number of phosphoric acid groups is 1. The molecule has 8 heteroatoms. The van der Waals surface area contributed by atoms with Crippen LogP contribution < -0.4 is 0 Å². The molecular weight excluding hydrogens is 489 g/mol. The van der Waals surface area contributed by atoms with Crippen LogP contribution in [0, 0.1) is 0 Å². The molecule has 0 aromatic rings. The van der Waals surface area contributed by atoms with Gasteiger partial charge >= 0.3 is 13.8 Å². The van der Waals surface area contributed by atoms with E-state index in [2.05, 4.69) is 24.3 Å². The van der Waals surface area contributed by atoms with Gasteiger partial charge in [0.2, 0.25) is 0 Å². The minimum absolute atomic E-state index is 0.0535. The smallest absolute Gasteiger partial charge is 0.462 e. The minimum atomic E-state index is -4.26. The van der Waals surface area contributed by atoms with E-state index in [4.69, 9.17) is 13.8 Å². The number of hydrogen-bond donors (Lipinski definition) is 1. The maximum Gasteiger partial charge on any atom is 0.472 e. The van der Waals surface area contributed by atoms with Gasteiger partial charge in [0.25, 0.3) is 0 Å². The Bertz CT molecular complexity index is 703. The van der Waals surface area contributed by atoms with Crippen LogP contribution in [0.2, 0.25) is 0 Å². The molecule has 1 unspecified atom stereocenters. The predicted octanol–water partition coefficient (Wildman–Crippen LogP) is 7.49. The highest BCUT2D eigenvalue weighted by molar-refractivity contribution is 7.47. The predicted molar refractivity (Wildman–Crippen MR) is 151 cm³/mol. The van der Waals surface area contributed by atoms with Crippen molar-refractivity contribution in [1.82, 2.24) is 0 Å². The topological polar surface area (TPSA) is 82.1 Å². The van der Waals surface area contributed by atoms with Crippen molar-refractivity contribution in [2.24, 2.45) is 0 Å². The highest BCUT2D eigenvalue weighted by Gasteiger charge is 2.29. The van der Waals surface area contributed by atoms with E-state index in [1.165, 1.54) is 51.4 Å². The van der Waals surface area contributed by atoms with Crippen molar-refractivity contribution in [3.8, 4) is 0 Å². The lowest BCUT2D eigenvalue weighted by molar-refractivity contribution is -0.870. The molecule has 7 nitrogen and oxygen atoms in total. The summed E-state index contributed by atoms with van der Waals surface area (Å²) in [5.74, 6) is -0.408. The number of carbonyl (C=O) groups excluding carboxylic acids is 1. The second-order valence-corrected chi connectivity index (χ2v) is 12.8. The molecule has 0 amide bonds. The highest BCUT2D eigenvalue weighted by atomic mass is 31.2. The maximum atomic E-state index is 12.6. The fraction of sp³-hybridized carbons (Fsp3) is 0.828. The average Bonchev–Trinajstić information content (AvgIpc) is 2.78. The number of quaternary nitrogens is 1. The van der Waals surface area contributed by atoms with E-state index in [9.17, 15) is 14.3 Å². The molecule has 0 aromatic heterocycles. The second-order valence-electron chi connectivity index (χ2n) is 11.4. The summed E-state index contributed by atoms with van der Waals surface area (Å²) in [7, 11) is 1.68. The molecule has 0 bridgehead atoms. The molecule has 0 saturated carbocycles. The van der Waals surface area contributed by atoms with Crippen LogP contribution in [0.25, 0.3) is 0 Å². The fourth-order valence-electron chi connectivity index (χ4n) is 4.23. The Balaban J connectivity index is 2.65. The molecule has 37 heavy (non-hydrogen) atoms. The van der Waals surface area contributed by atoms with E-state index in [0.717, 1.165) is 32.1 Å². The van der Waals surface area contributed by atoms with Gasteiger partial charge in [-0.25, -0.2) is 4.57 Å². The van der Waals surface area contributed by atoms with Gasteiger partial charge in [-0.15, -0.1) is 0 Å². The zero-order valence-corrected chi connectivity index (χ0v) is 25.0. The van der Waals surface area contributed by atoms with Crippen LogP contribution in [-0.4, -0.2) is 61.8 Å². The number of cyclic esters (lactones) is 1. The van der Waals surface area contributed by atoms with Crippen molar-refractivity contribution >= 4 is 13.8 Å². The molecular formula is C29H55NO6P+. The number of ether oxygens (including phenoxy) is 1. The zero-order valence-electron chi connectivity index (χ0n) is 24.1. The van der Waals surface area contributed by atoms with Gasteiger partial charge in [-0.1, -0.05) is 82.1 Å². The van der Waals surface area contributed by atoms with Crippen molar-refractivity contribution < 1.29 is 32.5 Å². The molecule has 1 aliphatic heterocycles. The van der Waals surface area contributed by atoms with E-state index in [1.54, 1.807) is 0 Å². The van der Waals surface area contributed by atoms with Gasteiger partial charge in [0.15, 0.2) is 0 Å². The minimum Gasteiger partial charge on any atom is -0.462 e. The van der Waals surface area contributed by atoms with E-state index in [-0.39, 0.29) is 19.1 Å².